The minimum atomic E-state index is -2.94. The van der Waals surface area contributed by atoms with Crippen LogP contribution < -0.4 is 5.32 Å². The quantitative estimate of drug-likeness (QED) is 0.512. The summed E-state index contributed by atoms with van der Waals surface area (Å²) in [6, 6.07) is 15.6. The van der Waals surface area contributed by atoms with Crippen LogP contribution in [0.5, 0.6) is 0 Å². The molecule has 1 aromatic heterocycles. The van der Waals surface area contributed by atoms with Gasteiger partial charge in [-0.15, -0.1) is 10.2 Å². The summed E-state index contributed by atoms with van der Waals surface area (Å²) >= 11 is 1.34. The molecule has 2 aromatic carbocycles. The summed E-state index contributed by atoms with van der Waals surface area (Å²) in [5, 5.41) is 11.8. The first kappa shape index (κ1) is 23.5. The molecule has 1 N–H and O–H groups in total. The molecule has 1 saturated heterocycles. The smallest absolute Gasteiger partial charge is 0.242 e. The molecule has 33 heavy (non-hydrogen) atoms. The average molecular weight is 485 g/mol. The van der Waals surface area contributed by atoms with Gasteiger partial charge in [-0.3, -0.25) is 4.79 Å². The minimum Gasteiger partial charge on any atom is -0.325 e. The van der Waals surface area contributed by atoms with Crippen molar-refractivity contribution in [3.63, 3.8) is 0 Å². The number of amides is 1. The van der Waals surface area contributed by atoms with E-state index in [2.05, 4.69) is 15.5 Å². The maximum Gasteiger partial charge on any atom is 0.242 e. The third-order valence-electron chi connectivity index (χ3n) is 5.94. The Bertz CT molecular complexity index is 1260. The van der Waals surface area contributed by atoms with Crippen LogP contribution in [0, 0.1) is 19.8 Å². The Kier molecular flexibility index (Phi) is 6.90. The molecule has 2 heterocycles. The van der Waals surface area contributed by atoms with E-state index in [1.807, 2.05) is 74.0 Å². The van der Waals surface area contributed by atoms with Crippen LogP contribution >= 0.6 is 11.8 Å². The van der Waals surface area contributed by atoms with E-state index >= 15 is 0 Å². The van der Waals surface area contributed by atoms with E-state index < -0.39 is 15.1 Å². The summed E-state index contributed by atoms with van der Waals surface area (Å²) in [4.78, 5) is 13.4. The van der Waals surface area contributed by atoms with Gasteiger partial charge in [0.2, 0.25) is 5.91 Å². The number of hydrogen-bond acceptors (Lipinski definition) is 6. The van der Waals surface area contributed by atoms with Crippen LogP contribution in [0.1, 0.15) is 34.2 Å². The van der Waals surface area contributed by atoms with Gasteiger partial charge in [0.05, 0.1) is 11.5 Å². The molecule has 2 atom stereocenters. The lowest BCUT2D eigenvalue weighted by Crippen LogP contribution is -2.20. The number of anilines is 1. The van der Waals surface area contributed by atoms with Crippen molar-refractivity contribution in [1.29, 1.82) is 0 Å². The Morgan fingerprint density at radius 2 is 1.94 bits per heavy atom. The zero-order chi connectivity index (χ0) is 23.6. The molecule has 0 saturated carbocycles. The second-order valence-corrected chi connectivity index (χ2v) is 11.9. The average Bonchev–Trinajstić information content (AvgIpc) is 3.30. The number of nitrogens with zero attached hydrogens (tertiary/aromatic N) is 3. The number of aryl methyl sites for hydroxylation is 2. The second kappa shape index (κ2) is 9.69. The van der Waals surface area contributed by atoms with Gasteiger partial charge in [0.15, 0.2) is 15.0 Å². The standard InChI is InChI=1S/C24H28N4O3S2/c1-16-9-10-17(2)20(13-16)25-23(29)22(19-7-5-4-6-8-19)32-24-27-26-21(28(24)3)14-18-11-12-33(30,31)15-18/h4-10,13,18,22H,11-12,14-15H2,1-3H3,(H,25,29)/t18-,22-/m1/s1. The Morgan fingerprint density at radius 3 is 2.64 bits per heavy atom. The molecular weight excluding hydrogens is 456 g/mol. The first-order valence-electron chi connectivity index (χ1n) is 10.9. The van der Waals surface area contributed by atoms with Crippen molar-refractivity contribution < 1.29 is 13.2 Å². The monoisotopic (exact) mass is 484 g/mol. The number of carbonyl (C=O) groups excluding carboxylic acids is 1. The molecule has 4 rings (SSSR count). The third-order valence-corrected chi connectivity index (χ3v) is 9.06. The van der Waals surface area contributed by atoms with Crippen molar-refractivity contribution in [2.75, 3.05) is 16.8 Å². The maximum absolute atomic E-state index is 13.4. The van der Waals surface area contributed by atoms with E-state index in [-0.39, 0.29) is 23.3 Å². The molecule has 3 aromatic rings. The van der Waals surface area contributed by atoms with E-state index in [0.29, 0.717) is 18.0 Å². The van der Waals surface area contributed by atoms with Crippen LogP contribution in [0.2, 0.25) is 0 Å². The molecule has 1 fully saturated rings. The summed E-state index contributed by atoms with van der Waals surface area (Å²) in [6.45, 7) is 3.97. The largest absolute Gasteiger partial charge is 0.325 e. The predicted molar refractivity (Wildman–Crippen MR) is 131 cm³/mol. The third kappa shape index (κ3) is 5.65. The molecule has 174 valence electrons. The van der Waals surface area contributed by atoms with Gasteiger partial charge in [-0.05, 0) is 48.9 Å². The van der Waals surface area contributed by atoms with Gasteiger partial charge in [-0.2, -0.15) is 0 Å². The molecule has 0 aliphatic carbocycles. The van der Waals surface area contributed by atoms with E-state index in [0.717, 1.165) is 28.2 Å². The Balaban J connectivity index is 1.56. The first-order chi connectivity index (χ1) is 15.7. The van der Waals surface area contributed by atoms with Crippen molar-refractivity contribution in [2.45, 2.75) is 37.1 Å². The molecule has 0 bridgehead atoms. The fourth-order valence-corrected chi connectivity index (χ4v) is 6.87. The van der Waals surface area contributed by atoms with E-state index in [4.69, 9.17) is 0 Å². The number of nitrogens with one attached hydrogen (secondary N) is 1. The van der Waals surface area contributed by atoms with Crippen molar-refractivity contribution >= 4 is 33.2 Å². The number of rotatable bonds is 7. The molecule has 7 nitrogen and oxygen atoms in total. The van der Waals surface area contributed by atoms with Crippen LogP contribution in [0.15, 0.2) is 53.7 Å². The predicted octanol–water partition coefficient (Wildman–Crippen LogP) is 3.88. The first-order valence-corrected chi connectivity index (χ1v) is 13.6. The molecule has 9 heteroatoms. The molecule has 0 spiro atoms. The lowest BCUT2D eigenvalue weighted by Gasteiger charge is -2.18. The molecular formula is C24H28N4O3S2. The summed E-state index contributed by atoms with van der Waals surface area (Å²) in [5.74, 6) is 1.11. The van der Waals surface area contributed by atoms with Gasteiger partial charge < -0.3 is 9.88 Å². The lowest BCUT2D eigenvalue weighted by atomic mass is 10.1. The van der Waals surface area contributed by atoms with Crippen LogP contribution in [-0.2, 0) is 28.1 Å². The number of thioether (sulfide) groups is 1. The summed E-state index contributed by atoms with van der Waals surface area (Å²) in [5.41, 5.74) is 3.74. The van der Waals surface area contributed by atoms with Crippen molar-refractivity contribution in [3.05, 3.63) is 71.0 Å². The number of carbonyl (C=O) groups is 1. The van der Waals surface area contributed by atoms with Gasteiger partial charge in [0, 0.05) is 19.2 Å². The Morgan fingerprint density at radius 1 is 1.18 bits per heavy atom. The lowest BCUT2D eigenvalue weighted by molar-refractivity contribution is -0.115. The highest BCUT2D eigenvalue weighted by Gasteiger charge is 2.30. The zero-order valence-corrected chi connectivity index (χ0v) is 20.6. The highest BCUT2D eigenvalue weighted by molar-refractivity contribution is 8.00. The van der Waals surface area contributed by atoms with Gasteiger partial charge >= 0.3 is 0 Å². The van der Waals surface area contributed by atoms with Crippen molar-refractivity contribution in [1.82, 2.24) is 14.8 Å². The van der Waals surface area contributed by atoms with Gasteiger partial charge in [0.25, 0.3) is 0 Å². The number of aromatic nitrogens is 3. The minimum absolute atomic E-state index is 0.0632. The Hall–Kier alpha value is -2.65. The highest BCUT2D eigenvalue weighted by Crippen LogP contribution is 2.36. The van der Waals surface area contributed by atoms with E-state index in [1.165, 1.54) is 11.8 Å². The summed E-state index contributed by atoms with van der Waals surface area (Å²) < 4.78 is 25.5. The van der Waals surface area contributed by atoms with E-state index in [9.17, 15) is 13.2 Å². The van der Waals surface area contributed by atoms with Crippen LogP contribution in [0.3, 0.4) is 0 Å². The van der Waals surface area contributed by atoms with Crippen LogP contribution in [-0.4, -0.2) is 40.6 Å². The van der Waals surface area contributed by atoms with Gasteiger partial charge in [-0.1, -0.05) is 54.2 Å². The van der Waals surface area contributed by atoms with E-state index in [1.54, 1.807) is 0 Å². The summed E-state index contributed by atoms with van der Waals surface area (Å²) in [6.07, 6.45) is 1.22. The van der Waals surface area contributed by atoms with Gasteiger partial charge in [-0.25, -0.2) is 8.42 Å². The molecule has 0 radical (unpaired) electrons. The molecule has 1 amide bonds. The normalized spacial score (nSPS) is 18.2. The number of hydrogen-bond donors (Lipinski definition) is 1. The molecule has 0 unspecified atom stereocenters. The maximum atomic E-state index is 13.4. The van der Waals surface area contributed by atoms with Crippen LogP contribution in [0.25, 0.3) is 0 Å². The second-order valence-electron chi connectivity index (χ2n) is 8.65. The molecule has 1 aliphatic rings. The van der Waals surface area contributed by atoms with Gasteiger partial charge in [0.1, 0.15) is 11.1 Å². The van der Waals surface area contributed by atoms with Crippen LogP contribution in [0.4, 0.5) is 5.69 Å². The molecule has 1 aliphatic heterocycles. The van der Waals surface area contributed by atoms with Crippen molar-refractivity contribution in [2.24, 2.45) is 13.0 Å². The SMILES string of the molecule is Cc1ccc(C)c(NC(=O)[C@H](Sc2nnc(C[C@H]3CCS(=O)(=O)C3)n2C)c2ccccc2)c1. The number of sulfone groups is 1. The van der Waals surface area contributed by atoms with Crippen molar-refractivity contribution in [3.8, 4) is 0 Å². The summed E-state index contributed by atoms with van der Waals surface area (Å²) in [7, 11) is -1.07. The topological polar surface area (TPSA) is 94.0 Å². The highest BCUT2D eigenvalue weighted by atomic mass is 32.2. The fraction of sp³-hybridized carbons (Fsp3) is 0.375. The fourth-order valence-electron chi connectivity index (χ4n) is 3.99. The Labute approximate surface area is 198 Å². The zero-order valence-electron chi connectivity index (χ0n) is 19.0. The number of benzene rings is 2.